The van der Waals surface area contributed by atoms with Gasteiger partial charge in [0.2, 0.25) is 88.0 Å². The van der Waals surface area contributed by atoms with Crippen molar-refractivity contribution in [2.24, 2.45) is 23.5 Å². The Morgan fingerprint density at radius 2 is 1.32 bits per heavy atom. The van der Waals surface area contributed by atoms with Gasteiger partial charge in [0, 0.05) is 51.5 Å². The van der Waals surface area contributed by atoms with Crippen molar-refractivity contribution in [1.82, 2.24) is 46.7 Å². The molecule has 3 aromatic carbocycles. The van der Waals surface area contributed by atoms with Crippen LogP contribution in [0.3, 0.4) is 0 Å². The highest BCUT2D eigenvalue weighted by Gasteiger charge is 2.44. The molecule has 0 unspecified atom stereocenters. The van der Waals surface area contributed by atoms with E-state index in [1.807, 2.05) is 49.6 Å². The average Bonchev–Trinajstić information content (AvgIpc) is 1.10. The Hall–Kier alpha value is -9.25. The average molecular weight is 1500 g/mol. The molecule has 0 radical (unpaired) electrons. The number of aromatic nitrogens is 1. The minimum absolute atomic E-state index is 0.105. The van der Waals surface area contributed by atoms with Crippen molar-refractivity contribution in [3.05, 3.63) is 111 Å². The largest absolute Gasteiger partial charge is 0.445 e. The lowest BCUT2D eigenvalue weighted by molar-refractivity contribution is -0.148. The number of likely N-dealkylation sites (N-methyl/N-ethyl adjacent to an activating group) is 1. The van der Waals surface area contributed by atoms with E-state index in [1.54, 1.807) is 38.9 Å². The van der Waals surface area contributed by atoms with Crippen LogP contribution in [0.4, 0.5) is 32.4 Å². The number of amides is 10. The first-order valence-corrected chi connectivity index (χ1v) is 35.1. The quantitative estimate of drug-likeness (QED) is 0.00656. The van der Waals surface area contributed by atoms with Crippen molar-refractivity contribution in [2.75, 3.05) is 59.6 Å². The molecule has 1 aliphatic heterocycles. The highest BCUT2D eigenvalue weighted by Crippen LogP contribution is 2.32. The summed E-state index contributed by atoms with van der Waals surface area (Å²) in [4.78, 5) is 154. The summed E-state index contributed by atoms with van der Waals surface area (Å²) in [6.07, 6.45) is -0.000978. The molecule has 2 heterocycles. The van der Waals surface area contributed by atoms with Crippen LogP contribution in [0.5, 0.6) is 5.75 Å². The third-order valence-electron chi connectivity index (χ3n) is 17.6. The molecule has 0 bridgehead atoms. The first-order chi connectivity index (χ1) is 49.6. The summed E-state index contributed by atoms with van der Waals surface area (Å²) >= 11 is 1.45. The number of esters is 1. The van der Waals surface area contributed by atoms with Gasteiger partial charge < -0.3 is 81.2 Å². The first-order valence-electron chi connectivity index (χ1n) is 34.2. The Morgan fingerprint density at radius 3 is 1.90 bits per heavy atom. The Labute approximate surface area is 610 Å². The highest BCUT2D eigenvalue weighted by molar-refractivity contribution is 7.09. The number of likely N-dealkylation sites (tertiary alicyclic amines) is 1. The van der Waals surface area contributed by atoms with Crippen LogP contribution in [0, 0.1) is 46.8 Å². The molecule has 1 saturated heterocycles. The number of nitrogens with two attached hydrogens (primary N) is 1. The van der Waals surface area contributed by atoms with E-state index in [-0.39, 0.29) is 68.7 Å². The van der Waals surface area contributed by atoms with Crippen LogP contribution in [-0.4, -0.2) is 188 Å². The molecule has 0 aliphatic carbocycles. The molecule has 1 aromatic heterocycles. The summed E-state index contributed by atoms with van der Waals surface area (Å²) in [7, 11) is 4.62. The molecular formula is C71H96F5N11O17S. The molecule has 1 fully saturated rings. The van der Waals surface area contributed by atoms with Gasteiger partial charge in [-0.05, 0) is 82.1 Å². The molecular weight excluding hydrogens is 1410 g/mol. The minimum Gasteiger partial charge on any atom is -0.445 e. The summed E-state index contributed by atoms with van der Waals surface area (Å²) in [5.74, 6) is -21.9. The van der Waals surface area contributed by atoms with Gasteiger partial charge in [0.15, 0.2) is 0 Å². The number of primary amides is 1. The van der Waals surface area contributed by atoms with Gasteiger partial charge in [-0.15, -0.1) is 11.3 Å². The molecule has 10 amide bonds. The Balaban J connectivity index is 1.06. The maximum Gasteiger partial charge on any atom is 0.408 e. The van der Waals surface area contributed by atoms with Crippen LogP contribution in [0.1, 0.15) is 129 Å². The molecule has 4 aromatic rings. The fraction of sp³-hybridized carbons (Fsp3) is 0.549. The molecule has 9 N–H and O–H groups in total. The standard InChI is InChI=1S/C71H96F5N11O17S/c1-13-39(4)60(49(99-11)36-52(90)87-28-17-20-48(87)61(100-12)40(5)63(92)83-47(67-78-27-33-105-67)34-43-18-15-14-16-19-43)86(10)68(96)59(38(2)3)84-69(97)71(8,9)85-70(98)103-37-44-21-23-45(24-22-44)81-66(95)46(35-50(77)88)82-65(94)42(7)80-64(93)41(6)79-51(89)25-29-101-31-32-102-30-26-53(91)104-62-57(75)55(73)54(72)56(74)58(62)76/h14-16,18-19,21-24,27,33,38-42,46-49,59-61H,13,17,20,25-26,28-32,34-37H2,1-12H3,(H2,77,88)(H,79,89)(H,80,93)(H,81,95)(H,82,94)(H,83,92)(H,84,97)(H,85,98)/t39-,40+,41-,42-,46-,47-,48-,49+,59-,60-,61+/m0/s1. The van der Waals surface area contributed by atoms with Gasteiger partial charge in [-0.3, -0.25) is 47.9 Å². The zero-order valence-electron chi connectivity index (χ0n) is 60.8. The van der Waals surface area contributed by atoms with E-state index in [2.05, 4.69) is 46.9 Å². The van der Waals surface area contributed by atoms with E-state index >= 15 is 0 Å². The summed E-state index contributed by atoms with van der Waals surface area (Å²) in [5.41, 5.74) is 5.40. The number of nitrogens with one attached hydrogen (secondary N) is 7. The SMILES string of the molecule is CC[C@H](C)[C@@H]([C@@H](CC(=O)N1CCC[C@H]1[C@H](OC)[C@@H](C)C(=O)N[C@@H](Cc1ccccc1)c1nccs1)OC)N(C)C(=O)[C@@H](NC(=O)C(C)(C)NC(=O)OCc1ccc(NC(=O)[C@H](CC(N)=O)NC(=O)[C@H](C)NC(=O)[C@H](C)NC(=O)CCOCCOCCC(=O)Oc2c(F)c(F)c(F)c(F)c2F)cc1)C(C)C. The maximum atomic E-state index is 14.7. The van der Waals surface area contributed by atoms with E-state index in [0.717, 1.165) is 10.6 Å². The number of ether oxygens (including phenoxy) is 6. The minimum atomic E-state index is -2.42. The second kappa shape index (κ2) is 41.4. The lowest BCUT2D eigenvalue weighted by Gasteiger charge is -2.41. The zero-order chi connectivity index (χ0) is 78.0. The Morgan fingerprint density at radius 1 is 0.714 bits per heavy atom. The predicted molar refractivity (Wildman–Crippen MR) is 372 cm³/mol. The van der Waals surface area contributed by atoms with Crippen molar-refractivity contribution in [3.63, 3.8) is 0 Å². The Bertz CT molecular complexity index is 3590. The number of benzene rings is 3. The molecule has 34 heteroatoms. The topological polar surface area (TPSA) is 373 Å². The van der Waals surface area contributed by atoms with Gasteiger partial charge >= 0.3 is 12.1 Å². The van der Waals surface area contributed by atoms with Gasteiger partial charge in [-0.1, -0.05) is 83.5 Å². The predicted octanol–water partition coefficient (Wildman–Crippen LogP) is 5.73. The third kappa shape index (κ3) is 25.5. The van der Waals surface area contributed by atoms with Gasteiger partial charge in [-0.25, -0.2) is 22.9 Å². The molecule has 0 saturated carbocycles. The number of methoxy groups -OCH3 is 2. The molecule has 578 valence electrons. The van der Waals surface area contributed by atoms with Crippen LogP contribution in [0.25, 0.3) is 0 Å². The Kier molecular flexibility index (Phi) is 34.1. The second-order valence-corrected chi connectivity index (χ2v) is 27.2. The van der Waals surface area contributed by atoms with Gasteiger partial charge in [0.05, 0.1) is 81.9 Å². The molecule has 28 nitrogen and oxygen atoms in total. The van der Waals surface area contributed by atoms with Crippen LogP contribution in [-0.2, 0) is 84.7 Å². The lowest BCUT2D eigenvalue weighted by Crippen LogP contribution is -2.62. The number of thiazole rings is 1. The van der Waals surface area contributed by atoms with Gasteiger partial charge in [-0.2, -0.15) is 8.78 Å². The number of rotatable bonds is 41. The fourth-order valence-corrected chi connectivity index (χ4v) is 12.2. The molecule has 5 rings (SSSR count). The normalized spacial score (nSPS) is 15.8. The van der Waals surface area contributed by atoms with E-state index < -0.39 is 174 Å². The summed E-state index contributed by atoms with van der Waals surface area (Å²) in [5, 5.41) is 20.9. The van der Waals surface area contributed by atoms with Crippen molar-refractivity contribution in [1.29, 1.82) is 0 Å². The van der Waals surface area contributed by atoms with Crippen LogP contribution >= 0.6 is 11.3 Å². The number of anilines is 1. The number of carbonyl (C=O) groups is 11. The summed E-state index contributed by atoms with van der Waals surface area (Å²) in [6, 6.07) is 9.05. The maximum absolute atomic E-state index is 14.7. The van der Waals surface area contributed by atoms with Crippen LogP contribution < -0.4 is 47.7 Å². The number of hydrogen-bond donors (Lipinski definition) is 8. The number of hydrogen-bond acceptors (Lipinski definition) is 19. The number of alkyl carbamates (subject to hydrolysis) is 1. The lowest BCUT2D eigenvalue weighted by atomic mass is 9.89. The third-order valence-corrected chi connectivity index (χ3v) is 18.5. The molecule has 11 atom stereocenters. The van der Waals surface area contributed by atoms with Crippen molar-refractivity contribution >= 4 is 82.3 Å². The highest BCUT2D eigenvalue weighted by atomic mass is 32.1. The molecule has 105 heavy (non-hydrogen) atoms. The smallest absolute Gasteiger partial charge is 0.408 e. The van der Waals surface area contributed by atoms with E-state index in [9.17, 15) is 74.7 Å². The summed E-state index contributed by atoms with van der Waals surface area (Å²) < 4.78 is 99.7. The zero-order valence-corrected chi connectivity index (χ0v) is 61.7. The van der Waals surface area contributed by atoms with Crippen LogP contribution in [0.15, 0.2) is 66.2 Å². The van der Waals surface area contributed by atoms with E-state index in [0.29, 0.717) is 37.8 Å². The number of carbonyl (C=O) groups excluding carboxylic acids is 11. The first kappa shape index (κ1) is 86.4. The van der Waals surface area contributed by atoms with Crippen molar-refractivity contribution in [2.45, 2.75) is 180 Å². The monoisotopic (exact) mass is 1500 g/mol. The summed E-state index contributed by atoms with van der Waals surface area (Å²) in [6.45, 7) is 13.9. The molecule has 1 aliphatic rings. The van der Waals surface area contributed by atoms with E-state index in [4.69, 9.17) is 29.4 Å². The van der Waals surface area contributed by atoms with Gasteiger partial charge in [0.1, 0.15) is 41.3 Å². The van der Waals surface area contributed by atoms with Crippen molar-refractivity contribution in [3.8, 4) is 5.75 Å². The number of halogens is 5. The molecule has 0 spiro atoms. The van der Waals surface area contributed by atoms with Crippen LogP contribution in [0.2, 0.25) is 0 Å². The number of nitrogens with zero attached hydrogens (tertiary/aromatic N) is 3. The second-order valence-electron chi connectivity index (χ2n) is 26.3. The van der Waals surface area contributed by atoms with E-state index in [1.165, 1.54) is 82.4 Å². The van der Waals surface area contributed by atoms with Gasteiger partial charge in [0.25, 0.3) is 0 Å². The fourth-order valence-electron chi connectivity index (χ4n) is 11.5. The van der Waals surface area contributed by atoms with Crippen molar-refractivity contribution < 1.29 is 103 Å².